The number of aromatic nitrogens is 1. The van der Waals surface area contributed by atoms with Crippen LogP contribution in [0.3, 0.4) is 0 Å². The molecule has 1 N–H and O–H groups in total. The molecule has 0 unspecified atom stereocenters. The first kappa shape index (κ1) is 17.8. The van der Waals surface area contributed by atoms with E-state index in [4.69, 9.17) is 0 Å². The van der Waals surface area contributed by atoms with Crippen LogP contribution in [0.1, 0.15) is 29.2 Å². The Morgan fingerprint density at radius 3 is 2.68 bits per heavy atom. The second-order valence-electron chi connectivity index (χ2n) is 5.18. The lowest BCUT2D eigenvalue weighted by molar-refractivity contribution is 0.0606. The molecule has 1 amide bonds. The highest BCUT2D eigenvalue weighted by Crippen LogP contribution is 2.29. The molecule has 0 fully saturated rings. The van der Waals surface area contributed by atoms with Crippen LogP contribution in [0.4, 0.5) is 0 Å². The predicted molar refractivity (Wildman–Crippen MR) is 102 cm³/mol. The Morgan fingerprint density at radius 1 is 1.16 bits per heavy atom. The van der Waals surface area contributed by atoms with E-state index in [2.05, 4.69) is 32.6 Å². The standard InChI is InChI=1S/C17H16N2O3S3/c1-10-19-12(9-23-10)13-4-3-11(24-13)7-8-18-16(20)14-5-6-15(25-14)17(21)22-2/h3-6,9H,7-8H2,1-2H3,(H,18,20). The van der Waals surface area contributed by atoms with Gasteiger partial charge in [0.25, 0.3) is 5.91 Å². The maximum atomic E-state index is 12.1. The van der Waals surface area contributed by atoms with Gasteiger partial charge in [-0.1, -0.05) is 0 Å². The van der Waals surface area contributed by atoms with Crippen molar-refractivity contribution in [3.05, 3.63) is 49.3 Å². The number of rotatable bonds is 6. The molecule has 5 nitrogen and oxygen atoms in total. The van der Waals surface area contributed by atoms with Crippen molar-refractivity contribution in [3.63, 3.8) is 0 Å². The lowest BCUT2D eigenvalue weighted by Gasteiger charge is -2.02. The Bertz CT molecular complexity index is 894. The van der Waals surface area contributed by atoms with Crippen LogP contribution in [0.2, 0.25) is 0 Å². The van der Waals surface area contributed by atoms with Crippen molar-refractivity contribution < 1.29 is 14.3 Å². The van der Waals surface area contributed by atoms with Crippen LogP contribution in [-0.4, -0.2) is 30.5 Å². The minimum atomic E-state index is -0.424. The van der Waals surface area contributed by atoms with Crippen molar-refractivity contribution in [2.75, 3.05) is 13.7 Å². The Labute approximate surface area is 157 Å². The third kappa shape index (κ3) is 4.33. The van der Waals surface area contributed by atoms with Crippen LogP contribution in [0.25, 0.3) is 10.6 Å². The maximum absolute atomic E-state index is 12.1. The summed E-state index contributed by atoms with van der Waals surface area (Å²) >= 11 is 4.46. The molecule has 0 saturated carbocycles. The molecule has 8 heteroatoms. The Hall–Kier alpha value is -2.03. The molecule has 0 aliphatic heterocycles. The SMILES string of the molecule is COC(=O)c1ccc(C(=O)NCCc2ccc(-c3csc(C)n3)s2)s1. The van der Waals surface area contributed by atoms with E-state index in [0.717, 1.165) is 33.3 Å². The number of thiophene rings is 2. The molecule has 0 radical (unpaired) electrons. The first-order valence-corrected chi connectivity index (χ1v) is 10.1. The van der Waals surface area contributed by atoms with E-state index in [-0.39, 0.29) is 5.91 Å². The molecule has 3 aromatic rings. The molecule has 130 valence electrons. The topological polar surface area (TPSA) is 68.3 Å². The Kier molecular flexibility index (Phi) is 5.62. The smallest absolute Gasteiger partial charge is 0.348 e. The number of nitrogens with one attached hydrogen (secondary N) is 1. The van der Waals surface area contributed by atoms with Gasteiger partial charge in [0.05, 0.1) is 27.6 Å². The van der Waals surface area contributed by atoms with Crippen LogP contribution >= 0.6 is 34.0 Å². The first-order chi connectivity index (χ1) is 12.1. The fraction of sp³-hybridized carbons (Fsp3) is 0.235. The summed E-state index contributed by atoms with van der Waals surface area (Å²) in [5, 5.41) is 6.00. The van der Waals surface area contributed by atoms with Crippen molar-refractivity contribution in [2.24, 2.45) is 0 Å². The van der Waals surface area contributed by atoms with Crippen molar-refractivity contribution >= 4 is 45.9 Å². The van der Waals surface area contributed by atoms with E-state index in [1.54, 1.807) is 34.8 Å². The number of hydrogen-bond donors (Lipinski definition) is 1. The largest absolute Gasteiger partial charge is 0.465 e. The van der Waals surface area contributed by atoms with Gasteiger partial charge in [0.2, 0.25) is 0 Å². The highest BCUT2D eigenvalue weighted by atomic mass is 32.1. The van der Waals surface area contributed by atoms with Gasteiger partial charge in [0.15, 0.2) is 0 Å². The number of aryl methyl sites for hydroxylation is 1. The minimum Gasteiger partial charge on any atom is -0.465 e. The third-order valence-corrected chi connectivity index (χ3v) is 6.41. The maximum Gasteiger partial charge on any atom is 0.348 e. The molecule has 0 atom stereocenters. The molecule has 0 bridgehead atoms. The second kappa shape index (κ2) is 7.90. The van der Waals surface area contributed by atoms with Gasteiger partial charge < -0.3 is 10.1 Å². The van der Waals surface area contributed by atoms with E-state index >= 15 is 0 Å². The Morgan fingerprint density at radius 2 is 1.96 bits per heavy atom. The van der Waals surface area contributed by atoms with Gasteiger partial charge in [-0.2, -0.15) is 0 Å². The molecule has 0 aliphatic carbocycles. The summed E-state index contributed by atoms with van der Waals surface area (Å²) in [6.07, 6.45) is 0.759. The normalized spacial score (nSPS) is 10.6. The van der Waals surface area contributed by atoms with Crippen molar-refractivity contribution in [1.82, 2.24) is 10.3 Å². The van der Waals surface area contributed by atoms with Crippen LogP contribution < -0.4 is 5.32 Å². The molecule has 3 rings (SSSR count). The summed E-state index contributed by atoms with van der Waals surface area (Å²) < 4.78 is 4.65. The predicted octanol–water partition coefficient (Wildman–Crippen LogP) is 4.00. The molecular formula is C17H16N2O3S3. The number of amides is 1. The highest BCUT2D eigenvalue weighted by Gasteiger charge is 2.14. The molecule has 25 heavy (non-hydrogen) atoms. The summed E-state index contributed by atoms with van der Waals surface area (Å²) in [4.78, 5) is 31.3. The first-order valence-electron chi connectivity index (χ1n) is 7.54. The van der Waals surface area contributed by atoms with Crippen LogP contribution in [0.5, 0.6) is 0 Å². The van der Waals surface area contributed by atoms with Crippen molar-refractivity contribution in [2.45, 2.75) is 13.3 Å². The highest BCUT2D eigenvalue weighted by molar-refractivity contribution is 7.16. The van der Waals surface area contributed by atoms with Gasteiger partial charge in [-0.05, 0) is 37.6 Å². The molecule has 0 aliphatic rings. The van der Waals surface area contributed by atoms with Gasteiger partial charge in [0.1, 0.15) is 4.88 Å². The number of nitrogens with zero attached hydrogens (tertiary/aromatic N) is 1. The average Bonchev–Trinajstić information content (AvgIpc) is 3.34. The fourth-order valence-electron chi connectivity index (χ4n) is 2.18. The zero-order chi connectivity index (χ0) is 17.8. The quantitative estimate of drug-likeness (QED) is 0.644. The van der Waals surface area contributed by atoms with E-state index in [1.165, 1.54) is 12.0 Å². The molecule has 0 spiro atoms. The summed E-state index contributed by atoms with van der Waals surface area (Å²) in [6.45, 7) is 2.54. The van der Waals surface area contributed by atoms with Crippen LogP contribution in [-0.2, 0) is 11.2 Å². The zero-order valence-electron chi connectivity index (χ0n) is 13.7. The molecule has 0 saturated heterocycles. The van der Waals surface area contributed by atoms with Gasteiger partial charge in [-0.3, -0.25) is 4.79 Å². The van der Waals surface area contributed by atoms with E-state index in [1.807, 2.05) is 6.92 Å². The third-order valence-electron chi connectivity index (χ3n) is 3.41. The summed E-state index contributed by atoms with van der Waals surface area (Å²) in [6, 6.07) is 7.38. The molecular weight excluding hydrogens is 376 g/mol. The number of hydrogen-bond acceptors (Lipinski definition) is 7. The van der Waals surface area contributed by atoms with Gasteiger partial charge in [-0.15, -0.1) is 34.0 Å². The summed E-state index contributed by atoms with van der Waals surface area (Å²) in [7, 11) is 1.32. The van der Waals surface area contributed by atoms with Gasteiger partial charge in [-0.25, -0.2) is 9.78 Å². The summed E-state index contributed by atoms with van der Waals surface area (Å²) in [5.74, 6) is -0.598. The average molecular weight is 393 g/mol. The number of carbonyl (C=O) groups excluding carboxylic acids is 2. The number of esters is 1. The number of thiazole rings is 1. The Balaban J connectivity index is 1.53. The number of ether oxygens (including phenoxy) is 1. The fourth-order valence-corrected chi connectivity index (χ4v) is 4.68. The minimum absolute atomic E-state index is 0.174. The summed E-state index contributed by atoms with van der Waals surface area (Å²) in [5.41, 5.74) is 1.01. The van der Waals surface area contributed by atoms with Gasteiger partial charge in [0, 0.05) is 16.8 Å². The van der Waals surface area contributed by atoms with Crippen LogP contribution in [0.15, 0.2) is 29.6 Å². The zero-order valence-corrected chi connectivity index (χ0v) is 16.1. The van der Waals surface area contributed by atoms with Crippen LogP contribution in [0, 0.1) is 6.92 Å². The van der Waals surface area contributed by atoms with E-state index in [9.17, 15) is 9.59 Å². The van der Waals surface area contributed by atoms with E-state index in [0.29, 0.717) is 16.3 Å². The second-order valence-corrected chi connectivity index (χ2v) is 8.49. The van der Waals surface area contributed by atoms with Gasteiger partial charge >= 0.3 is 5.97 Å². The lowest BCUT2D eigenvalue weighted by Crippen LogP contribution is -2.24. The molecule has 3 heterocycles. The van der Waals surface area contributed by atoms with E-state index < -0.39 is 5.97 Å². The lowest BCUT2D eigenvalue weighted by atomic mass is 10.3. The van der Waals surface area contributed by atoms with Crippen molar-refractivity contribution in [3.8, 4) is 10.6 Å². The number of methoxy groups -OCH3 is 1. The molecule has 0 aromatic carbocycles. The molecule has 3 aromatic heterocycles. The van der Waals surface area contributed by atoms with Crippen molar-refractivity contribution in [1.29, 1.82) is 0 Å². The number of carbonyl (C=O) groups is 2. The monoisotopic (exact) mass is 392 g/mol.